The van der Waals surface area contributed by atoms with Crippen molar-refractivity contribution in [3.63, 3.8) is 0 Å². The number of nitrogens with zero attached hydrogens (tertiary/aromatic N) is 2. The average Bonchev–Trinajstić information content (AvgIpc) is 3.12. The van der Waals surface area contributed by atoms with Gasteiger partial charge in [-0.15, -0.1) is 11.3 Å². The van der Waals surface area contributed by atoms with Crippen molar-refractivity contribution < 1.29 is 9.53 Å². The van der Waals surface area contributed by atoms with Crippen LogP contribution < -0.4 is 5.32 Å². The maximum atomic E-state index is 12.9. The molecule has 1 N–H and O–H groups in total. The van der Waals surface area contributed by atoms with Gasteiger partial charge in [0.1, 0.15) is 10.6 Å². The minimum atomic E-state index is -0.677. The first-order chi connectivity index (χ1) is 13.2. The van der Waals surface area contributed by atoms with Gasteiger partial charge in [-0.1, -0.05) is 12.2 Å². The van der Waals surface area contributed by atoms with Gasteiger partial charge in [0.2, 0.25) is 0 Å². The zero-order chi connectivity index (χ0) is 18.7. The number of aryl methyl sites for hydroxylation is 2. The summed E-state index contributed by atoms with van der Waals surface area (Å²) in [5.74, 6) is 0.0610. The minimum Gasteiger partial charge on any atom is -0.368 e. The fraction of sp³-hybridized carbons (Fsp3) is 0.714. The maximum Gasteiger partial charge on any atom is 0.252 e. The molecule has 148 valence electrons. The average molecular weight is 390 g/mol. The van der Waals surface area contributed by atoms with Gasteiger partial charge >= 0.3 is 0 Å². The van der Waals surface area contributed by atoms with E-state index in [0.29, 0.717) is 0 Å². The van der Waals surface area contributed by atoms with Crippen LogP contribution in [0.2, 0.25) is 0 Å². The molecule has 1 amide bonds. The number of nitrogens with one attached hydrogen (secondary N) is 1. The molecule has 0 aromatic carbocycles. The van der Waals surface area contributed by atoms with Gasteiger partial charge in [0.05, 0.1) is 12.2 Å². The van der Waals surface area contributed by atoms with Crippen LogP contribution in [0.15, 0.2) is 12.2 Å². The van der Waals surface area contributed by atoms with E-state index in [4.69, 9.17) is 9.72 Å². The molecule has 4 rings (SSSR count). The van der Waals surface area contributed by atoms with Crippen LogP contribution in [0.1, 0.15) is 60.5 Å². The SMILES string of the molecule is COC1(C(=O)NC2C=CCCC2)CCN(Cc2nc3c(s2)CCCC3)CC1. The van der Waals surface area contributed by atoms with E-state index in [2.05, 4.69) is 22.4 Å². The van der Waals surface area contributed by atoms with Gasteiger partial charge in [-0.3, -0.25) is 9.69 Å². The molecule has 1 saturated heterocycles. The quantitative estimate of drug-likeness (QED) is 0.786. The highest BCUT2D eigenvalue weighted by molar-refractivity contribution is 7.11. The number of aromatic nitrogens is 1. The third-order valence-corrected chi connectivity index (χ3v) is 7.43. The molecule has 2 heterocycles. The Morgan fingerprint density at radius 2 is 2.15 bits per heavy atom. The minimum absolute atomic E-state index is 0.0610. The third-order valence-electron chi connectivity index (χ3n) is 6.29. The second kappa shape index (κ2) is 8.41. The molecule has 1 unspecified atom stereocenters. The van der Waals surface area contributed by atoms with Crippen LogP contribution in [-0.2, 0) is 28.9 Å². The molecule has 2 aliphatic carbocycles. The van der Waals surface area contributed by atoms with E-state index in [0.717, 1.165) is 58.2 Å². The van der Waals surface area contributed by atoms with Crippen molar-refractivity contribution in [2.75, 3.05) is 20.2 Å². The number of carbonyl (C=O) groups is 1. The van der Waals surface area contributed by atoms with Crippen molar-refractivity contribution >= 4 is 17.2 Å². The van der Waals surface area contributed by atoms with Gasteiger partial charge in [-0.2, -0.15) is 0 Å². The van der Waals surface area contributed by atoms with Crippen LogP contribution in [0.3, 0.4) is 0 Å². The fourth-order valence-corrected chi connectivity index (χ4v) is 5.69. The molecule has 1 fully saturated rings. The van der Waals surface area contributed by atoms with Gasteiger partial charge in [0.25, 0.3) is 5.91 Å². The van der Waals surface area contributed by atoms with Gasteiger partial charge in [0, 0.05) is 31.1 Å². The van der Waals surface area contributed by atoms with Crippen molar-refractivity contribution in [2.24, 2.45) is 0 Å². The summed E-state index contributed by atoms with van der Waals surface area (Å²) in [5, 5.41) is 4.44. The Kier molecular flexibility index (Phi) is 5.95. The van der Waals surface area contributed by atoms with Crippen LogP contribution in [0, 0.1) is 0 Å². The zero-order valence-electron chi connectivity index (χ0n) is 16.3. The highest BCUT2D eigenvalue weighted by atomic mass is 32.1. The second-order valence-electron chi connectivity index (χ2n) is 8.10. The number of amides is 1. The molecule has 3 aliphatic rings. The van der Waals surface area contributed by atoms with Crippen molar-refractivity contribution in [1.29, 1.82) is 0 Å². The summed E-state index contributed by atoms with van der Waals surface area (Å²) < 4.78 is 5.77. The number of hydrogen-bond donors (Lipinski definition) is 1. The van der Waals surface area contributed by atoms with Gasteiger partial charge < -0.3 is 10.1 Å². The number of fused-ring (bicyclic) bond motifs is 1. The molecular formula is C21H31N3O2S. The molecule has 0 spiro atoms. The first kappa shape index (κ1) is 19.1. The lowest BCUT2D eigenvalue weighted by molar-refractivity contribution is -0.150. The lowest BCUT2D eigenvalue weighted by Gasteiger charge is -2.40. The molecule has 1 aliphatic heterocycles. The fourth-order valence-electron chi connectivity index (χ4n) is 4.49. The summed E-state index contributed by atoms with van der Waals surface area (Å²) in [7, 11) is 1.68. The molecule has 0 radical (unpaired) electrons. The molecule has 1 aromatic heterocycles. The Morgan fingerprint density at radius 1 is 1.33 bits per heavy atom. The number of piperidine rings is 1. The van der Waals surface area contributed by atoms with E-state index in [1.165, 1.54) is 34.8 Å². The van der Waals surface area contributed by atoms with E-state index in [-0.39, 0.29) is 11.9 Å². The molecule has 0 saturated carbocycles. The molecule has 1 aromatic rings. The number of rotatable bonds is 5. The number of allylic oxidation sites excluding steroid dienone is 1. The van der Waals surface area contributed by atoms with Crippen LogP contribution >= 0.6 is 11.3 Å². The smallest absolute Gasteiger partial charge is 0.252 e. The lowest BCUT2D eigenvalue weighted by atomic mass is 9.89. The summed E-state index contributed by atoms with van der Waals surface area (Å²) in [6.45, 7) is 2.67. The van der Waals surface area contributed by atoms with Crippen LogP contribution in [-0.4, -0.2) is 47.6 Å². The van der Waals surface area contributed by atoms with Gasteiger partial charge in [-0.25, -0.2) is 4.98 Å². The third kappa shape index (κ3) is 4.28. The molecule has 5 nitrogen and oxygen atoms in total. The zero-order valence-corrected chi connectivity index (χ0v) is 17.2. The van der Waals surface area contributed by atoms with Crippen LogP contribution in [0.5, 0.6) is 0 Å². The van der Waals surface area contributed by atoms with Crippen molar-refractivity contribution in [3.05, 3.63) is 27.7 Å². The normalized spacial score (nSPS) is 25.1. The van der Waals surface area contributed by atoms with Crippen LogP contribution in [0.4, 0.5) is 0 Å². The lowest BCUT2D eigenvalue weighted by Crippen LogP contribution is -2.56. The summed E-state index contributed by atoms with van der Waals surface area (Å²) >= 11 is 1.89. The molecular weight excluding hydrogens is 358 g/mol. The first-order valence-corrected chi connectivity index (χ1v) is 11.2. The standard InChI is InChI=1S/C21H31N3O2S/c1-26-21(20(25)22-16-7-3-2-4-8-16)11-13-24(14-12-21)15-19-23-17-9-5-6-10-18(17)27-19/h3,7,16H,2,4-6,8-15H2,1H3,(H,22,25). The summed E-state index contributed by atoms with van der Waals surface area (Å²) in [6.07, 6.45) is 14.0. The molecule has 0 bridgehead atoms. The second-order valence-corrected chi connectivity index (χ2v) is 9.27. The number of thiazole rings is 1. The van der Waals surface area contributed by atoms with Crippen molar-refractivity contribution in [3.8, 4) is 0 Å². The Hall–Kier alpha value is -1.24. The summed E-state index contributed by atoms with van der Waals surface area (Å²) in [5.41, 5.74) is 0.661. The Labute approximate surface area is 166 Å². The Morgan fingerprint density at radius 3 is 2.85 bits per heavy atom. The predicted molar refractivity (Wildman–Crippen MR) is 108 cm³/mol. The van der Waals surface area contributed by atoms with E-state index < -0.39 is 5.60 Å². The first-order valence-electron chi connectivity index (χ1n) is 10.4. The van der Waals surface area contributed by atoms with Crippen molar-refractivity contribution in [2.45, 2.75) is 76.0 Å². The monoisotopic (exact) mass is 389 g/mol. The van der Waals surface area contributed by atoms with Gasteiger partial charge in [0.15, 0.2) is 0 Å². The Bertz CT molecular complexity index is 668. The topological polar surface area (TPSA) is 54.5 Å². The molecule has 1 atom stereocenters. The van der Waals surface area contributed by atoms with E-state index >= 15 is 0 Å². The van der Waals surface area contributed by atoms with Crippen LogP contribution in [0.25, 0.3) is 0 Å². The number of likely N-dealkylation sites (tertiary alicyclic amines) is 1. The van der Waals surface area contributed by atoms with Crippen molar-refractivity contribution in [1.82, 2.24) is 15.2 Å². The number of hydrogen-bond acceptors (Lipinski definition) is 5. The van der Waals surface area contributed by atoms with Gasteiger partial charge in [-0.05, 0) is 57.8 Å². The van der Waals surface area contributed by atoms with E-state index in [9.17, 15) is 4.79 Å². The summed E-state index contributed by atoms with van der Waals surface area (Å²) in [4.78, 5) is 21.7. The number of ether oxygens (including phenoxy) is 1. The Balaban J connectivity index is 1.33. The predicted octanol–water partition coefficient (Wildman–Crippen LogP) is 3.23. The van der Waals surface area contributed by atoms with E-state index in [1.54, 1.807) is 7.11 Å². The largest absolute Gasteiger partial charge is 0.368 e. The molecule has 6 heteroatoms. The number of carbonyl (C=O) groups excluding carboxylic acids is 1. The summed E-state index contributed by atoms with van der Waals surface area (Å²) in [6, 6.07) is 0.165. The maximum absolute atomic E-state index is 12.9. The molecule has 27 heavy (non-hydrogen) atoms. The van der Waals surface area contributed by atoms with E-state index in [1.807, 2.05) is 11.3 Å². The highest BCUT2D eigenvalue weighted by Gasteiger charge is 2.42. The highest BCUT2D eigenvalue weighted by Crippen LogP contribution is 2.30. The number of methoxy groups -OCH3 is 1.